The van der Waals surface area contributed by atoms with E-state index in [0.29, 0.717) is 5.56 Å². The Bertz CT molecular complexity index is 420. The van der Waals surface area contributed by atoms with E-state index in [1.165, 1.54) is 13.1 Å². The molecule has 1 aromatic rings. The van der Waals surface area contributed by atoms with Crippen LogP contribution in [-0.2, 0) is 7.05 Å². The number of nitrogens with zero attached hydrogens (tertiary/aromatic N) is 1. The Morgan fingerprint density at radius 3 is 2.62 bits per heavy atom. The largest absolute Gasteiger partial charge is 0.477 e. The van der Waals surface area contributed by atoms with Gasteiger partial charge in [0.25, 0.3) is 5.56 Å². The van der Waals surface area contributed by atoms with Gasteiger partial charge in [0, 0.05) is 7.05 Å². The van der Waals surface area contributed by atoms with Gasteiger partial charge in [-0.3, -0.25) is 4.79 Å². The standard InChI is InChI=1S/C8H10N2O3/c1-4-3-5(9)7(11)10(2)6(4)8(12)13/h3H,9H2,1-2H3,(H,12,13). The van der Waals surface area contributed by atoms with E-state index in [4.69, 9.17) is 10.8 Å². The summed E-state index contributed by atoms with van der Waals surface area (Å²) in [6.07, 6.45) is 0. The molecular formula is C8H10N2O3. The van der Waals surface area contributed by atoms with Crippen LogP contribution in [0.15, 0.2) is 10.9 Å². The third kappa shape index (κ3) is 1.40. The molecule has 0 radical (unpaired) electrons. The van der Waals surface area contributed by atoms with Crippen molar-refractivity contribution < 1.29 is 9.90 Å². The fraction of sp³-hybridized carbons (Fsp3) is 0.250. The molecule has 0 aliphatic rings. The Labute approximate surface area is 74.4 Å². The van der Waals surface area contributed by atoms with Gasteiger partial charge in [-0.15, -0.1) is 0 Å². The lowest BCUT2D eigenvalue weighted by Crippen LogP contribution is -2.26. The number of aromatic carboxylic acids is 1. The molecule has 0 saturated heterocycles. The first-order valence-corrected chi connectivity index (χ1v) is 3.64. The average molecular weight is 182 g/mol. The van der Waals surface area contributed by atoms with Gasteiger partial charge in [0.15, 0.2) is 0 Å². The van der Waals surface area contributed by atoms with Crippen molar-refractivity contribution in [1.29, 1.82) is 0 Å². The first kappa shape index (κ1) is 9.31. The minimum absolute atomic E-state index is 0.0285. The zero-order valence-electron chi connectivity index (χ0n) is 7.37. The van der Waals surface area contributed by atoms with E-state index in [2.05, 4.69) is 0 Å². The maximum Gasteiger partial charge on any atom is 0.352 e. The third-order valence-electron chi connectivity index (χ3n) is 1.84. The number of nitrogens with two attached hydrogens (primary N) is 1. The smallest absolute Gasteiger partial charge is 0.352 e. The van der Waals surface area contributed by atoms with Crippen LogP contribution in [0.4, 0.5) is 5.69 Å². The van der Waals surface area contributed by atoms with Crippen molar-refractivity contribution in [2.75, 3.05) is 5.73 Å². The zero-order valence-corrected chi connectivity index (χ0v) is 7.37. The number of aryl methyl sites for hydroxylation is 1. The normalized spacial score (nSPS) is 10.0. The fourth-order valence-electron chi connectivity index (χ4n) is 1.24. The number of carboxylic acids is 1. The van der Waals surface area contributed by atoms with Crippen LogP contribution in [0.1, 0.15) is 16.1 Å². The molecular weight excluding hydrogens is 172 g/mol. The van der Waals surface area contributed by atoms with Gasteiger partial charge in [-0.05, 0) is 18.6 Å². The van der Waals surface area contributed by atoms with E-state index in [0.717, 1.165) is 4.57 Å². The van der Waals surface area contributed by atoms with Crippen LogP contribution >= 0.6 is 0 Å². The predicted molar refractivity (Wildman–Crippen MR) is 47.8 cm³/mol. The second-order valence-corrected chi connectivity index (χ2v) is 2.80. The Balaban J connectivity index is 3.63. The maximum atomic E-state index is 11.2. The summed E-state index contributed by atoms with van der Waals surface area (Å²) in [5.41, 5.74) is 5.39. The van der Waals surface area contributed by atoms with Gasteiger partial charge in [-0.2, -0.15) is 0 Å². The van der Waals surface area contributed by atoms with E-state index in [1.54, 1.807) is 6.92 Å². The summed E-state index contributed by atoms with van der Waals surface area (Å²) in [6.45, 7) is 1.60. The highest BCUT2D eigenvalue weighted by molar-refractivity contribution is 5.87. The van der Waals surface area contributed by atoms with E-state index >= 15 is 0 Å². The van der Waals surface area contributed by atoms with Crippen LogP contribution in [0.5, 0.6) is 0 Å². The summed E-state index contributed by atoms with van der Waals surface area (Å²) in [6, 6.07) is 1.37. The van der Waals surface area contributed by atoms with Gasteiger partial charge >= 0.3 is 5.97 Å². The molecule has 0 unspecified atom stereocenters. The van der Waals surface area contributed by atoms with Crippen molar-refractivity contribution in [2.45, 2.75) is 6.92 Å². The van der Waals surface area contributed by atoms with Crippen molar-refractivity contribution in [2.24, 2.45) is 7.05 Å². The topological polar surface area (TPSA) is 85.3 Å². The van der Waals surface area contributed by atoms with Crippen molar-refractivity contribution in [1.82, 2.24) is 4.57 Å². The molecule has 1 aromatic heterocycles. The van der Waals surface area contributed by atoms with Crippen molar-refractivity contribution in [3.8, 4) is 0 Å². The minimum Gasteiger partial charge on any atom is -0.477 e. The lowest BCUT2D eigenvalue weighted by atomic mass is 10.2. The van der Waals surface area contributed by atoms with E-state index in [-0.39, 0.29) is 11.4 Å². The first-order valence-electron chi connectivity index (χ1n) is 3.64. The molecule has 0 aliphatic heterocycles. The highest BCUT2D eigenvalue weighted by Gasteiger charge is 2.13. The maximum absolute atomic E-state index is 11.2. The number of hydrogen-bond donors (Lipinski definition) is 2. The van der Waals surface area contributed by atoms with Crippen LogP contribution in [-0.4, -0.2) is 15.6 Å². The van der Waals surface area contributed by atoms with Crippen LogP contribution in [0.2, 0.25) is 0 Å². The monoisotopic (exact) mass is 182 g/mol. The highest BCUT2D eigenvalue weighted by atomic mass is 16.4. The molecule has 0 spiro atoms. The summed E-state index contributed by atoms with van der Waals surface area (Å²) in [4.78, 5) is 21.9. The molecule has 0 bridgehead atoms. The Kier molecular flexibility index (Phi) is 2.10. The molecule has 5 heteroatoms. The van der Waals surface area contributed by atoms with E-state index in [9.17, 15) is 9.59 Å². The molecule has 0 amide bonds. The summed E-state index contributed by atoms with van der Waals surface area (Å²) >= 11 is 0. The Morgan fingerprint density at radius 1 is 1.62 bits per heavy atom. The summed E-state index contributed by atoms with van der Waals surface area (Å²) < 4.78 is 1.03. The lowest BCUT2D eigenvalue weighted by Gasteiger charge is -2.07. The fourth-order valence-corrected chi connectivity index (χ4v) is 1.24. The van der Waals surface area contributed by atoms with Gasteiger partial charge in [0.2, 0.25) is 0 Å². The van der Waals surface area contributed by atoms with Crippen LogP contribution < -0.4 is 11.3 Å². The Morgan fingerprint density at radius 2 is 2.15 bits per heavy atom. The van der Waals surface area contributed by atoms with Crippen molar-refractivity contribution in [3.05, 3.63) is 27.7 Å². The van der Waals surface area contributed by atoms with Crippen molar-refractivity contribution in [3.63, 3.8) is 0 Å². The average Bonchev–Trinajstić information content (AvgIpc) is 1.99. The quantitative estimate of drug-likeness (QED) is 0.638. The molecule has 0 aliphatic carbocycles. The number of pyridine rings is 1. The van der Waals surface area contributed by atoms with Crippen molar-refractivity contribution >= 4 is 11.7 Å². The SMILES string of the molecule is Cc1cc(N)c(=O)n(C)c1C(=O)O. The van der Waals surface area contributed by atoms with E-state index in [1.807, 2.05) is 0 Å². The zero-order chi connectivity index (χ0) is 10.2. The summed E-state index contributed by atoms with van der Waals surface area (Å²) in [5, 5.41) is 8.76. The van der Waals surface area contributed by atoms with Gasteiger partial charge < -0.3 is 15.4 Å². The summed E-state index contributed by atoms with van der Waals surface area (Å²) in [5.74, 6) is -1.13. The number of carboxylic acid groups (broad SMARTS) is 1. The van der Waals surface area contributed by atoms with Crippen LogP contribution in [0.25, 0.3) is 0 Å². The number of hydrogen-bond acceptors (Lipinski definition) is 3. The van der Waals surface area contributed by atoms with Gasteiger partial charge in [0.05, 0.1) is 5.69 Å². The van der Waals surface area contributed by atoms with Crippen LogP contribution in [0.3, 0.4) is 0 Å². The highest BCUT2D eigenvalue weighted by Crippen LogP contribution is 2.07. The second-order valence-electron chi connectivity index (χ2n) is 2.80. The molecule has 0 aromatic carbocycles. The number of rotatable bonds is 1. The molecule has 13 heavy (non-hydrogen) atoms. The van der Waals surface area contributed by atoms with Crippen LogP contribution in [0, 0.1) is 6.92 Å². The molecule has 70 valence electrons. The first-order chi connectivity index (χ1) is 5.95. The number of anilines is 1. The molecule has 5 nitrogen and oxygen atoms in total. The van der Waals surface area contributed by atoms with Gasteiger partial charge in [0.1, 0.15) is 5.69 Å². The number of aromatic nitrogens is 1. The predicted octanol–water partition coefficient (Wildman–Crippen LogP) is -0.0259. The lowest BCUT2D eigenvalue weighted by molar-refractivity contribution is 0.0684. The molecule has 0 saturated carbocycles. The molecule has 0 atom stereocenters. The van der Waals surface area contributed by atoms with Gasteiger partial charge in [-0.25, -0.2) is 4.79 Å². The minimum atomic E-state index is -1.13. The van der Waals surface area contributed by atoms with Gasteiger partial charge in [-0.1, -0.05) is 0 Å². The molecule has 1 heterocycles. The number of nitrogen functional groups attached to an aromatic ring is 1. The summed E-state index contributed by atoms with van der Waals surface area (Å²) in [7, 11) is 1.38. The third-order valence-corrected chi connectivity index (χ3v) is 1.84. The molecule has 3 N–H and O–H groups in total. The molecule has 1 rings (SSSR count). The molecule has 0 fully saturated rings. The van der Waals surface area contributed by atoms with E-state index < -0.39 is 11.5 Å². The Hall–Kier alpha value is -1.78. The number of carbonyl (C=O) groups is 1. The second kappa shape index (κ2) is 2.93.